The van der Waals surface area contributed by atoms with Crippen LogP contribution in [-0.2, 0) is 0 Å². The molecular formula is C11H17Cl. The lowest BCUT2D eigenvalue weighted by Crippen LogP contribution is -1.93. The van der Waals surface area contributed by atoms with Gasteiger partial charge in [0.05, 0.1) is 0 Å². The Morgan fingerprint density at radius 1 is 1.50 bits per heavy atom. The zero-order valence-electron chi connectivity index (χ0n) is 7.94. The Balaban J connectivity index is 2.44. The summed E-state index contributed by atoms with van der Waals surface area (Å²) in [6.07, 6.45) is 8.97. The highest BCUT2D eigenvalue weighted by molar-refractivity contribution is 6.30. The van der Waals surface area contributed by atoms with Crippen LogP contribution >= 0.6 is 11.6 Å². The fourth-order valence-corrected chi connectivity index (χ4v) is 1.62. The van der Waals surface area contributed by atoms with Crippen LogP contribution in [0.15, 0.2) is 22.8 Å². The highest BCUT2D eigenvalue weighted by atomic mass is 35.5. The Labute approximate surface area is 80.3 Å². The molecule has 0 atom stereocenters. The van der Waals surface area contributed by atoms with Crippen molar-refractivity contribution in [2.45, 2.75) is 39.5 Å². The van der Waals surface area contributed by atoms with E-state index in [1.807, 2.05) is 0 Å². The van der Waals surface area contributed by atoms with Crippen molar-refractivity contribution in [1.82, 2.24) is 0 Å². The number of hydrogen-bond acceptors (Lipinski definition) is 0. The summed E-state index contributed by atoms with van der Waals surface area (Å²) in [5.41, 5.74) is 1.36. The van der Waals surface area contributed by atoms with Gasteiger partial charge in [-0.05, 0) is 37.2 Å². The summed E-state index contributed by atoms with van der Waals surface area (Å²) in [5, 5.41) is 1.08. The van der Waals surface area contributed by atoms with E-state index in [0.29, 0.717) is 0 Å². The van der Waals surface area contributed by atoms with Crippen LogP contribution in [0.5, 0.6) is 0 Å². The molecule has 0 saturated heterocycles. The van der Waals surface area contributed by atoms with E-state index in [1.54, 1.807) is 0 Å². The van der Waals surface area contributed by atoms with Crippen LogP contribution in [0.25, 0.3) is 0 Å². The highest BCUT2D eigenvalue weighted by Gasteiger charge is 2.06. The molecule has 0 unspecified atom stereocenters. The average Bonchev–Trinajstić information content (AvgIpc) is 2.03. The number of hydrogen-bond donors (Lipinski definition) is 0. The Bertz CT molecular complexity index is 199. The molecule has 0 spiro atoms. The van der Waals surface area contributed by atoms with Crippen LogP contribution in [0.4, 0.5) is 0 Å². The van der Waals surface area contributed by atoms with Gasteiger partial charge in [-0.15, -0.1) is 0 Å². The van der Waals surface area contributed by atoms with Gasteiger partial charge in [-0.1, -0.05) is 37.6 Å². The van der Waals surface area contributed by atoms with Gasteiger partial charge in [-0.3, -0.25) is 0 Å². The van der Waals surface area contributed by atoms with E-state index < -0.39 is 0 Å². The van der Waals surface area contributed by atoms with Gasteiger partial charge in [0.25, 0.3) is 0 Å². The van der Waals surface area contributed by atoms with Crippen molar-refractivity contribution in [3.8, 4) is 0 Å². The minimum atomic E-state index is 0.775. The molecule has 0 bridgehead atoms. The Morgan fingerprint density at radius 3 is 2.83 bits per heavy atom. The second kappa shape index (κ2) is 4.71. The molecule has 0 nitrogen and oxygen atoms in total. The van der Waals surface area contributed by atoms with E-state index in [-0.39, 0.29) is 0 Å². The summed E-state index contributed by atoms with van der Waals surface area (Å²) < 4.78 is 0. The molecule has 0 heterocycles. The second-order valence-corrected chi connectivity index (χ2v) is 4.26. The highest BCUT2D eigenvalue weighted by Crippen LogP contribution is 2.26. The average molecular weight is 185 g/mol. The van der Waals surface area contributed by atoms with Crippen LogP contribution < -0.4 is 0 Å². The fourth-order valence-electron chi connectivity index (χ4n) is 1.35. The van der Waals surface area contributed by atoms with Gasteiger partial charge >= 0.3 is 0 Å². The van der Waals surface area contributed by atoms with E-state index in [4.69, 9.17) is 11.6 Å². The van der Waals surface area contributed by atoms with Crippen molar-refractivity contribution in [1.29, 1.82) is 0 Å². The molecule has 0 amide bonds. The van der Waals surface area contributed by atoms with Gasteiger partial charge < -0.3 is 0 Å². The maximum Gasteiger partial charge on any atom is 0.0215 e. The molecule has 0 N–H and O–H groups in total. The lowest BCUT2D eigenvalue weighted by atomic mass is 9.98. The molecule has 0 aromatic rings. The standard InChI is InChI=1S/C11H17Cl/c1-9(2)7-8-10-5-3-4-6-11(10)12/h3,5,9H,4,6-8H2,1-2H3. The number of allylic oxidation sites excluding steroid dienone is 4. The van der Waals surface area contributed by atoms with Crippen LogP contribution in [0, 0.1) is 5.92 Å². The van der Waals surface area contributed by atoms with Crippen molar-refractivity contribution in [3.05, 3.63) is 22.8 Å². The van der Waals surface area contributed by atoms with Crippen LogP contribution in [-0.4, -0.2) is 0 Å². The summed E-state index contributed by atoms with van der Waals surface area (Å²) >= 11 is 6.09. The third-order valence-corrected chi connectivity index (χ3v) is 2.62. The number of halogens is 1. The molecule has 68 valence electrons. The van der Waals surface area contributed by atoms with E-state index in [0.717, 1.165) is 30.2 Å². The normalized spacial score (nSPS) is 17.7. The quantitative estimate of drug-likeness (QED) is 0.615. The van der Waals surface area contributed by atoms with Crippen molar-refractivity contribution >= 4 is 11.6 Å². The smallest absolute Gasteiger partial charge is 0.0215 e. The van der Waals surface area contributed by atoms with Crippen LogP contribution in [0.2, 0.25) is 0 Å². The monoisotopic (exact) mass is 184 g/mol. The Hall–Kier alpha value is -0.230. The van der Waals surface area contributed by atoms with E-state index in [9.17, 15) is 0 Å². The van der Waals surface area contributed by atoms with Gasteiger partial charge in [0.1, 0.15) is 0 Å². The van der Waals surface area contributed by atoms with Gasteiger partial charge in [-0.2, -0.15) is 0 Å². The van der Waals surface area contributed by atoms with Crippen molar-refractivity contribution in [2.24, 2.45) is 5.92 Å². The Kier molecular flexibility index (Phi) is 3.87. The first-order chi connectivity index (χ1) is 5.70. The summed E-state index contributed by atoms with van der Waals surface area (Å²) in [7, 11) is 0. The number of rotatable bonds is 3. The lowest BCUT2D eigenvalue weighted by Gasteiger charge is -2.11. The molecule has 0 saturated carbocycles. The fraction of sp³-hybridized carbons (Fsp3) is 0.636. The maximum atomic E-state index is 6.09. The first-order valence-corrected chi connectivity index (χ1v) is 5.12. The summed E-state index contributed by atoms with van der Waals surface area (Å²) in [6, 6.07) is 0. The zero-order chi connectivity index (χ0) is 8.97. The molecule has 0 fully saturated rings. The predicted molar refractivity (Wildman–Crippen MR) is 55.3 cm³/mol. The molecule has 1 aliphatic carbocycles. The lowest BCUT2D eigenvalue weighted by molar-refractivity contribution is 0.586. The van der Waals surface area contributed by atoms with Gasteiger partial charge in [-0.25, -0.2) is 0 Å². The first-order valence-electron chi connectivity index (χ1n) is 4.74. The summed E-state index contributed by atoms with van der Waals surface area (Å²) in [5.74, 6) is 0.775. The molecule has 12 heavy (non-hydrogen) atoms. The topological polar surface area (TPSA) is 0 Å². The van der Waals surface area contributed by atoms with Crippen molar-refractivity contribution < 1.29 is 0 Å². The van der Waals surface area contributed by atoms with Gasteiger partial charge in [0.15, 0.2) is 0 Å². The molecule has 0 radical (unpaired) electrons. The van der Waals surface area contributed by atoms with Crippen LogP contribution in [0.1, 0.15) is 39.5 Å². The Morgan fingerprint density at radius 2 is 2.25 bits per heavy atom. The largest absolute Gasteiger partial charge is 0.0888 e. The zero-order valence-corrected chi connectivity index (χ0v) is 8.69. The summed E-state index contributed by atoms with van der Waals surface area (Å²) in [4.78, 5) is 0. The first kappa shape index (κ1) is 9.85. The molecular weight excluding hydrogens is 168 g/mol. The minimum absolute atomic E-state index is 0.775. The third kappa shape index (κ3) is 3.02. The van der Waals surface area contributed by atoms with E-state index in [2.05, 4.69) is 26.0 Å². The molecule has 1 heteroatoms. The van der Waals surface area contributed by atoms with Crippen molar-refractivity contribution in [3.63, 3.8) is 0 Å². The van der Waals surface area contributed by atoms with Crippen molar-refractivity contribution in [2.75, 3.05) is 0 Å². The third-order valence-electron chi connectivity index (χ3n) is 2.19. The van der Waals surface area contributed by atoms with Crippen LogP contribution in [0.3, 0.4) is 0 Å². The molecule has 0 aromatic heterocycles. The SMILES string of the molecule is CC(C)CCC1=C(Cl)CCC=C1. The molecule has 0 aromatic carbocycles. The second-order valence-electron chi connectivity index (χ2n) is 3.80. The molecule has 1 rings (SSSR count). The molecule has 0 aliphatic heterocycles. The van der Waals surface area contributed by atoms with Gasteiger partial charge in [0.2, 0.25) is 0 Å². The maximum absolute atomic E-state index is 6.09. The molecule has 1 aliphatic rings. The minimum Gasteiger partial charge on any atom is -0.0888 e. The predicted octanol–water partition coefficient (Wildman–Crippen LogP) is 4.27. The van der Waals surface area contributed by atoms with Gasteiger partial charge in [0, 0.05) is 5.03 Å². The van der Waals surface area contributed by atoms with E-state index >= 15 is 0 Å². The van der Waals surface area contributed by atoms with E-state index in [1.165, 1.54) is 12.0 Å². The summed E-state index contributed by atoms with van der Waals surface area (Å²) in [6.45, 7) is 4.50.